The number of aryl methyl sites for hydroxylation is 1. The predicted molar refractivity (Wildman–Crippen MR) is 123 cm³/mol. The van der Waals surface area contributed by atoms with E-state index in [4.69, 9.17) is 16.3 Å². The van der Waals surface area contributed by atoms with E-state index in [0.717, 1.165) is 0 Å². The number of esters is 1. The molecule has 9 heteroatoms. The minimum atomic E-state index is -0.431. The third-order valence-electron chi connectivity index (χ3n) is 5.37. The molecule has 2 aromatic rings. The number of ether oxygens (including phenoxy) is 1. The molecule has 3 rings (SSSR count). The van der Waals surface area contributed by atoms with Crippen molar-refractivity contribution in [2.75, 3.05) is 38.0 Å². The Labute approximate surface area is 192 Å². The number of hydrogen-bond acceptors (Lipinski definition) is 5. The van der Waals surface area contributed by atoms with Crippen LogP contribution < -0.4 is 5.32 Å². The minimum absolute atomic E-state index is 0.151. The molecule has 2 amide bonds. The number of aromatic amines is 1. The molecule has 1 fully saturated rings. The summed E-state index contributed by atoms with van der Waals surface area (Å²) < 4.78 is 5.30. The lowest BCUT2D eigenvalue weighted by Gasteiger charge is -2.34. The van der Waals surface area contributed by atoms with Crippen LogP contribution >= 0.6 is 11.6 Å². The van der Waals surface area contributed by atoms with Crippen molar-refractivity contribution in [3.63, 3.8) is 0 Å². The molecule has 2 heterocycles. The lowest BCUT2D eigenvalue weighted by Crippen LogP contribution is -2.50. The number of anilines is 1. The molecule has 8 nitrogen and oxygen atoms in total. The van der Waals surface area contributed by atoms with Crippen molar-refractivity contribution >= 4 is 35.1 Å². The quantitative estimate of drug-likeness (QED) is 0.645. The second kappa shape index (κ2) is 10.2. The number of aromatic nitrogens is 1. The van der Waals surface area contributed by atoms with Gasteiger partial charge in [0.1, 0.15) is 5.69 Å². The van der Waals surface area contributed by atoms with E-state index < -0.39 is 5.97 Å². The molecule has 32 heavy (non-hydrogen) atoms. The molecular weight excluding hydrogens is 432 g/mol. The third kappa shape index (κ3) is 5.49. The van der Waals surface area contributed by atoms with Crippen molar-refractivity contribution in [3.8, 4) is 0 Å². The van der Waals surface area contributed by atoms with Crippen LogP contribution in [0.15, 0.2) is 24.3 Å². The average Bonchev–Trinajstić information content (AvgIpc) is 3.03. The third-order valence-corrected chi connectivity index (χ3v) is 5.70. The van der Waals surface area contributed by atoms with Crippen LogP contribution in [0, 0.1) is 13.8 Å². The number of piperazine rings is 1. The molecule has 0 atom stereocenters. The van der Waals surface area contributed by atoms with Gasteiger partial charge in [-0.3, -0.25) is 14.5 Å². The first-order chi connectivity index (χ1) is 15.2. The maximum atomic E-state index is 13.1. The Morgan fingerprint density at radius 1 is 1.12 bits per heavy atom. The number of nitrogens with one attached hydrogen (secondary N) is 2. The van der Waals surface area contributed by atoms with E-state index >= 15 is 0 Å². The maximum absolute atomic E-state index is 13.1. The van der Waals surface area contributed by atoms with E-state index in [-0.39, 0.29) is 24.5 Å². The number of carbonyl (C=O) groups excluding carboxylic acids is 3. The van der Waals surface area contributed by atoms with Crippen molar-refractivity contribution in [1.29, 1.82) is 0 Å². The van der Waals surface area contributed by atoms with E-state index in [2.05, 4.69) is 10.3 Å². The lowest BCUT2D eigenvalue weighted by atomic mass is 10.1. The normalized spacial score (nSPS) is 14.5. The van der Waals surface area contributed by atoms with Gasteiger partial charge in [0.25, 0.3) is 5.91 Å². The minimum Gasteiger partial charge on any atom is -0.459 e. The summed E-state index contributed by atoms with van der Waals surface area (Å²) in [6.45, 7) is 9.43. The van der Waals surface area contributed by atoms with Crippen LogP contribution in [-0.2, 0) is 9.53 Å². The van der Waals surface area contributed by atoms with Gasteiger partial charge in [0, 0.05) is 31.9 Å². The van der Waals surface area contributed by atoms with E-state index in [9.17, 15) is 14.4 Å². The molecule has 172 valence electrons. The number of nitrogens with zero attached hydrogens (tertiary/aromatic N) is 2. The predicted octanol–water partition coefficient (Wildman–Crippen LogP) is 3.25. The van der Waals surface area contributed by atoms with Crippen LogP contribution in [0.5, 0.6) is 0 Å². The molecule has 1 aromatic carbocycles. The molecule has 1 aromatic heterocycles. The number of benzene rings is 1. The smallest absolute Gasteiger partial charge is 0.340 e. The molecule has 0 bridgehead atoms. The second-order valence-corrected chi connectivity index (χ2v) is 8.58. The molecule has 2 N–H and O–H groups in total. The zero-order valence-electron chi connectivity index (χ0n) is 18.8. The first-order valence-corrected chi connectivity index (χ1v) is 11.0. The van der Waals surface area contributed by atoms with E-state index in [1.54, 1.807) is 50.8 Å². The summed E-state index contributed by atoms with van der Waals surface area (Å²) in [5, 5.41) is 3.31. The molecule has 0 spiro atoms. The highest BCUT2D eigenvalue weighted by atomic mass is 35.5. The molecule has 0 unspecified atom stereocenters. The fourth-order valence-electron chi connectivity index (χ4n) is 3.77. The summed E-state index contributed by atoms with van der Waals surface area (Å²) >= 11 is 6.09. The van der Waals surface area contributed by atoms with Gasteiger partial charge in [0.2, 0.25) is 5.91 Å². The highest BCUT2D eigenvalue weighted by Crippen LogP contribution is 2.22. The Hall–Kier alpha value is -2.84. The van der Waals surface area contributed by atoms with Crippen LogP contribution in [-0.4, -0.2) is 71.4 Å². The van der Waals surface area contributed by atoms with Gasteiger partial charge in [-0.05, 0) is 45.4 Å². The summed E-state index contributed by atoms with van der Waals surface area (Å²) in [6.07, 6.45) is -0.237. The van der Waals surface area contributed by atoms with Crippen LogP contribution in [0.3, 0.4) is 0 Å². The topological polar surface area (TPSA) is 94.7 Å². The van der Waals surface area contributed by atoms with E-state index in [0.29, 0.717) is 59.4 Å². The Morgan fingerprint density at radius 2 is 1.78 bits per heavy atom. The Kier molecular flexibility index (Phi) is 7.58. The molecular formula is C23H29ClN4O4. The van der Waals surface area contributed by atoms with Gasteiger partial charge < -0.3 is 19.9 Å². The number of carbonyl (C=O) groups is 3. The van der Waals surface area contributed by atoms with Gasteiger partial charge in [0.15, 0.2) is 0 Å². The number of para-hydroxylation sites is 1. The van der Waals surface area contributed by atoms with Gasteiger partial charge >= 0.3 is 5.97 Å². The standard InChI is InChI=1S/C23H29ClN4O4/c1-14(2)32-23(31)20-15(3)21(25-16(20)4)22(30)28-11-9-27(10-12-28)13-19(29)26-18-8-6-5-7-17(18)24/h5-8,14,25H,9-13H2,1-4H3,(H,26,29). The molecule has 1 aliphatic heterocycles. The van der Waals surface area contributed by atoms with E-state index in [1.807, 2.05) is 11.0 Å². The average molecular weight is 461 g/mol. The molecule has 0 saturated carbocycles. The zero-order chi connectivity index (χ0) is 23.4. The van der Waals surface area contributed by atoms with Gasteiger partial charge in [-0.25, -0.2) is 4.79 Å². The van der Waals surface area contributed by atoms with Gasteiger partial charge in [-0.2, -0.15) is 0 Å². The molecule has 0 radical (unpaired) electrons. The van der Waals surface area contributed by atoms with Crippen molar-refractivity contribution in [2.45, 2.75) is 33.8 Å². The summed E-state index contributed by atoms with van der Waals surface area (Å²) in [7, 11) is 0. The Morgan fingerprint density at radius 3 is 2.41 bits per heavy atom. The Bertz CT molecular complexity index is 1010. The number of rotatable bonds is 6. The Balaban J connectivity index is 1.57. The summed E-state index contributed by atoms with van der Waals surface area (Å²) in [6, 6.07) is 7.09. The van der Waals surface area contributed by atoms with Gasteiger partial charge in [0.05, 0.1) is 28.9 Å². The molecule has 1 aliphatic rings. The number of amides is 2. The first-order valence-electron chi connectivity index (χ1n) is 10.6. The summed E-state index contributed by atoms with van der Waals surface area (Å²) in [5.41, 5.74) is 2.61. The van der Waals surface area contributed by atoms with Crippen LogP contribution in [0.25, 0.3) is 0 Å². The largest absolute Gasteiger partial charge is 0.459 e. The molecule has 1 saturated heterocycles. The van der Waals surface area contributed by atoms with Crippen LogP contribution in [0.2, 0.25) is 5.02 Å². The van der Waals surface area contributed by atoms with Crippen molar-refractivity contribution in [3.05, 3.63) is 51.8 Å². The maximum Gasteiger partial charge on any atom is 0.340 e. The van der Waals surface area contributed by atoms with E-state index in [1.165, 1.54) is 0 Å². The monoisotopic (exact) mass is 460 g/mol. The summed E-state index contributed by atoms with van der Waals surface area (Å²) in [5.74, 6) is -0.740. The van der Waals surface area contributed by atoms with Crippen molar-refractivity contribution in [1.82, 2.24) is 14.8 Å². The second-order valence-electron chi connectivity index (χ2n) is 8.18. The van der Waals surface area contributed by atoms with Crippen molar-refractivity contribution < 1.29 is 19.1 Å². The van der Waals surface area contributed by atoms with Gasteiger partial charge in [-0.15, -0.1) is 0 Å². The van der Waals surface area contributed by atoms with Crippen LogP contribution in [0.1, 0.15) is 46.0 Å². The number of H-pyrrole nitrogens is 1. The summed E-state index contributed by atoms with van der Waals surface area (Å²) in [4.78, 5) is 44.6. The van der Waals surface area contributed by atoms with Gasteiger partial charge in [-0.1, -0.05) is 23.7 Å². The fraction of sp³-hybridized carbons (Fsp3) is 0.435. The lowest BCUT2D eigenvalue weighted by molar-refractivity contribution is -0.117. The zero-order valence-corrected chi connectivity index (χ0v) is 19.6. The van der Waals surface area contributed by atoms with Crippen molar-refractivity contribution in [2.24, 2.45) is 0 Å². The number of hydrogen-bond donors (Lipinski definition) is 2. The fourth-order valence-corrected chi connectivity index (χ4v) is 3.95. The van der Waals surface area contributed by atoms with Crippen LogP contribution in [0.4, 0.5) is 5.69 Å². The first kappa shape index (κ1) is 23.8. The highest BCUT2D eigenvalue weighted by molar-refractivity contribution is 6.33. The molecule has 0 aliphatic carbocycles. The highest BCUT2D eigenvalue weighted by Gasteiger charge is 2.29. The SMILES string of the molecule is Cc1[nH]c(C(=O)N2CCN(CC(=O)Nc3ccccc3Cl)CC2)c(C)c1C(=O)OC(C)C. The number of halogens is 1.